The molecule has 0 aliphatic rings. The van der Waals surface area contributed by atoms with E-state index in [1.54, 1.807) is 16.8 Å². The van der Waals surface area contributed by atoms with E-state index in [1.807, 2.05) is 25.3 Å². The average molecular weight is 359 g/mol. The number of nitro benzene ring substituents is 1. The molecule has 0 saturated heterocycles. The average Bonchev–Trinajstić information content (AvgIpc) is 3.13. The number of rotatable bonds is 4. The van der Waals surface area contributed by atoms with E-state index < -0.39 is 4.92 Å². The molecule has 2 heterocycles. The van der Waals surface area contributed by atoms with Gasteiger partial charge in [0.1, 0.15) is 5.69 Å². The van der Waals surface area contributed by atoms with E-state index in [1.165, 1.54) is 23.5 Å². The lowest BCUT2D eigenvalue weighted by Crippen LogP contribution is -2.17. The highest BCUT2D eigenvalue weighted by Crippen LogP contribution is 2.23. The lowest BCUT2D eigenvalue weighted by atomic mass is 10.3. The van der Waals surface area contributed by atoms with E-state index in [0.717, 1.165) is 15.9 Å². The molecule has 0 fully saturated rings. The number of hydrogen-bond donors (Lipinski definition) is 0. The van der Waals surface area contributed by atoms with Gasteiger partial charge in [0.25, 0.3) is 11.6 Å². The Morgan fingerprint density at radius 2 is 2.08 bits per heavy atom. The van der Waals surface area contributed by atoms with Crippen LogP contribution in [-0.4, -0.2) is 25.2 Å². The first-order chi connectivity index (χ1) is 11.9. The lowest BCUT2D eigenvalue weighted by Gasteiger charge is -2.01. The van der Waals surface area contributed by atoms with Crippen molar-refractivity contribution in [1.82, 2.24) is 14.3 Å². The Bertz CT molecular complexity index is 1040. The maximum Gasteiger partial charge on any atom is 0.297 e. The Hall–Kier alpha value is -2.81. The third kappa shape index (κ3) is 3.10. The fourth-order valence-corrected chi connectivity index (χ4v) is 3.79. The number of amides is 1. The number of nitro groups is 1. The minimum Gasteiger partial charge on any atom is -0.317 e. The van der Waals surface area contributed by atoms with E-state index in [9.17, 15) is 14.9 Å². The van der Waals surface area contributed by atoms with Crippen LogP contribution in [-0.2, 0) is 13.1 Å². The number of aryl methyl sites for hydroxylation is 3. The highest BCUT2D eigenvalue weighted by Gasteiger charge is 2.15. The molecule has 3 aromatic rings. The van der Waals surface area contributed by atoms with Crippen molar-refractivity contribution in [2.45, 2.75) is 33.9 Å². The summed E-state index contributed by atoms with van der Waals surface area (Å²) in [5, 5.41) is 15.2. The molecule has 0 spiro atoms. The Kier molecular flexibility index (Phi) is 4.49. The summed E-state index contributed by atoms with van der Waals surface area (Å²) in [7, 11) is 0. The van der Waals surface area contributed by atoms with E-state index >= 15 is 0 Å². The molecular formula is C16H17N5O3S. The van der Waals surface area contributed by atoms with E-state index in [2.05, 4.69) is 10.1 Å². The molecule has 2 aromatic heterocycles. The van der Waals surface area contributed by atoms with Gasteiger partial charge in [0.15, 0.2) is 4.80 Å². The molecule has 3 rings (SSSR count). The lowest BCUT2D eigenvalue weighted by molar-refractivity contribution is -0.384. The fourth-order valence-electron chi connectivity index (χ4n) is 2.67. The summed E-state index contributed by atoms with van der Waals surface area (Å²) >= 11 is 1.26. The van der Waals surface area contributed by atoms with Crippen LogP contribution in [0.1, 0.15) is 30.0 Å². The largest absolute Gasteiger partial charge is 0.317 e. The molecule has 0 aliphatic carbocycles. The van der Waals surface area contributed by atoms with Crippen LogP contribution in [0, 0.1) is 17.0 Å². The third-order valence-electron chi connectivity index (χ3n) is 3.81. The molecule has 0 aliphatic heterocycles. The number of carbonyl (C=O) groups is 1. The standard InChI is InChI=1S/C16H17N5O3S/c1-4-19-12-7-6-11(21(23)24)9-14(12)25-16(19)17-15(22)13-8-10(3)18-20(13)5-2/h6-9H,4-5H2,1-3H3. The van der Waals surface area contributed by atoms with Gasteiger partial charge in [-0.25, -0.2) is 0 Å². The highest BCUT2D eigenvalue weighted by molar-refractivity contribution is 7.16. The second kappa shape index (κ2) is 6.60. The van der Waals surface area contributed by atoms with Crippen LogP contribution in [0.25, 0.3) is 10.2 Å². The fraction of sp³-hybridized carbons (Fsp3) is 0.312. The van der Waals surface area contributed by atoms with Crippen molar-refractivity contribution in [3.63, 3.8) is 0 Å². The van der Waals surface area contributed by atoms with Crippen LogP contribution in [0.5, 0.6) is 0 Å². The predicted octanol–water partition coefficient (Wildman–Crippen LogP) is 2.90. The van der Waals surface area contributed by atoms with Gasteiger partial charge in [0.05, 0.1) is 20.8 Å². The molecule has 9 heteroatoms. The second-order valence-electron chi connectivity index (χ2n) is 5.44. The van der Waals surface area contributed by atoms with Crippen LogP contribution in [0.4, 0.5) is 5.69 Å². The van der Waals surface area contributed by atoms with Crippen molar-refractivity contribution in [1.29, 1.82) is 0 Å². The zero-order valence-electron chi connectivity index (χ0n) is 14.1. The topological polar surface area (TPSA) is 95.3 Å². The first kappa shape index (κ1) is 17.0. The summed E-state index contributed by atoms with van der Waals surface area (Å²) in [5.41, 5.74) is 2.04. The quantitative estimate of drug-likeness (QED) is 0.528. The molecule has 1 amide bonds. The van der Waals surface area contributed by atoms with Crippen molar-refractivity contribution in [3.05, 3.63) is 50.6 Å². The van der Waals surface area contributed by atoms with E-state index in [-0.39, 0.29) is 11.6 Å². The summed E-state index contributed by atoms with van der Waals surface area (Å²) in [6.45, 7) is 6.87. The Morgan fingerprint density at radius 1 is 1.32 bits per heavy atom. The number of nitrogens with zero attached hydrogens (tertiary/aromatic N) is 5. The van der Waals surface area contributed by atoms with Gasteiger partial charge in [0.2, 0.25) is 0 Å². The summed E-state index contributed by atoms with van der Waals surface area (Å²) in [6.07, 6.45) is 0. The normalized spacial score (nSPS) is 12.0. The van der Waals surface area contributed by atoms with Crippen molar-refractivity contribution in [3.8, 4) is 0 Å². The number of carbonyl (C=O) groups excluding carboxylic acids is 1. The highest BCUT2D eigenvalue weighted by atomic mass is 32.1. The van der Waals surface area contributed by atoms with Gasteiger partial charge < -0.3 is 4.57 Å². The molecule has 130 valence electrons. The smallest absolute Gasteiger partial charge is 0.297 e. The van der Waals surface area contributed by atoms with Crippen LogP contribution < -0.4 is 4.80 Å². The van der Waals surface area contributed by atoms with Crippen LogP contribution in [0.15, 0.2) is 29.3 Å². The number of fused-ring (bicyclic) bond motifs is 1. The minimum absolute atomic E-state index is 0.0227. The number of benzene rings is 1. The van der Waals surface area contributed by atoms with Crippen molar-refractivity contribution in [2.24, 2.45) is 4.99 Å². The molecular weight excluding hydrogens is 342 g/mol. The number of thiazole rings is 1. The van der Waals surface area contributed by atoms with Gasteiger partial charge in [-0.15, -0.1) is 0 Å². The molecule has 0 radical (unpaired) electrons. The summed E-state index contributed by atoms with van der Waals surface area (Å²) in [5.74, 6) is -0.370. The molecule has 0 unspecified atom stereocenters. The summed E-state index contributed by atoms with van der Waals surface area (Å²) < 4.78 is 4.22. The van der Waals surface area contributed by atoms with Crippen molar-refractivity contribution in [2.75, 3.05) is 0 Å². The molecule has 8 nitrogen and oxygen atoms in total. The van der Waals surface area contributed by atoms with Gasteiger partial charge in [-0.05, 0) is 32.9 Å². The summed E-state index contributed by atoms with van der Waals surface area (Å²) in [4.78, 5) is 27.9. The van der Waals surface area contributed by atoms with E-state index in [4.69, 9.17) is 0 Å². The third-order valence-corrected chi connectivity index (χ3v) is 4.85. The van der Waals surface area contributed by atoms with Crippen LogP contribution in [0.3, 0.4) is 0 Å². The maximum atomic E-state index is 12.6. The number of hydrogen-bond acceptors (Lipinski definition) is 5. The SMILES string of the molecule is CCn1nc(C)cc1C(=O)N=c1sc2cc([N+](=O)[O-])ccc2n1CC. The number of aromatic nitrogens is 3. The van der Waals surface area contributed by atoms with Crippen molar-refractivity contribution < 1.29 is 9.72 Å². The Labute approximate surface area is 147 Å². The predicted molar refractivity (Wildman–Crippen MR) is 94.7 cm³/mol. The monoisotopic (exact) mass is 359 g/mol. The molecule has 0 saturated carbocycles. The van der Waals surface area contributed by atoms with Gasteiger partial charge in [-0.3, -0.25) is 19.6 Å². The van der Waals surface area contributed by atoms with Gasteiger partial charge in [0, 0.05) is 25.2 Å². The summed E-state index contributed by atoms with van der Waals surface area (Å²) in [6, 6.07) is 6.37. The molecule has 1 aromatic carbocycles. The zero-order chi connectivity index (χ0) is 18.1. The number of non-ortho nitro benzene ring substituents is 1. The Balaban J connectivity index is 2.15. The van der Waals surface area contributed by atoms with Crippen LogP contribution in [0.2, 0.25) is 0 Å². The van der Waals surface area contributed by atoms with E-state index in [0.29, 0.717) is 23.6 Å². The zero-order valence-corrected chi connectivity index (χ0v) is 14.9. The second-order valence-corrected chi connectivity index (χ2v) is 6.45. The van der Waals surface area contributed by atoms with Crippen LogP contribution >= 0.6 is 11.3 Å². The Morgan fingerprint density at radius 3 is 2.72 bits per heavy atom. The maximum absolute atomic E-state index is 12.6. The molecule has 0 N–H and O–H groups in total. The minimum atomic E-state index is -0.431. The van der Waals surface area contributed by atoms with Gasteiger partial charge in [-0.2, -0.15) is 10.1 Å². The first-order valence-corrected chi connectivity index (χ1v) is 8.67. The molecule has 0 bridgehead atoms. The molecule has 0 atom stereocenters. The molecule has 25 heavy (non-hydrogen) atoms. The van der Waals surface area contributed by atoms with Crippen molar-refractivity contribution >= 4 is 33.1 Å². The van der Waals surface area contributed by atoms with Gasteiger partial charge >= 0.3 is 0 Å². The first-order valence-electron chi connectivity index (χ1n) is 7.85. The van der Waals surface area contributed by atoms with Gasteiger partial charge in [-0.1, -0.05) is 11.3 Å².